The first-order valence-corrected chi connectivity index (χ1v) is 3.27. The zero-order chi connectivity index (χ0) is 5.11. The van der Waals surface area contributed by atoms with Gasteiger partial charge in [0, 0.05) is 6.20 Å². The van der Waals surface area contributed by atoms with Gasteiger partial charge in [-0.15, -0.1) is 11.8 Å². The van der Waals surface area contributed by atoms with E-state index >= 15 is 0 Å². The third-order valence-corrected chi connectivity index (χ3v) is 1.40. The number of hydrogen-bond acceptors (Lipinski definition) is 1. The van der Waals surface area contributed by atoms with Crippen molar-refractivity contribution in [3.8, 4) is 0 Å². The second kappa shape index (κ2) is 2.07. The van der Waals surface area contributed by atoms with Crippen LogP contribution in [0.1, 0.15) is 0 Å². The lowest BCUT2D eigenvalue weighted by atomic mass is 10.6. The van der Waals surface area contributed by atoms with Crippen molar-refractivity contribution < 1.29 is 0 Å². The Kier molecular flexibility index (Phi) is 1.42. The largest absolute Gasteiger partial charge is 0.250 e. The lowest BCUT2D eigenvalue weighted by molar-refractivity contribution is 1.18. The zero-order valence-corrected chi connectivity index (χ0v) is 4.90. The molecular weight excluding hydrogens is 106 g/mol. The SMILES string of the molecule is CSC1=CC=C[N]1. The van der Waals surface area contributed by atoms with Crippen molar-refractivity contribution in [1.82, 2.24) is 5.32 Å². The van der Waals surface area contributed by atoms with Crippen LogP contribution in [-0.4, -0.2) is 6.26 Å². The first-order valence-electron chi connectivity index (χ1n) is 2.05. The molecule has 0 saturated heterocycles. The minimum Gasteiger partial charge on any atom is -0.250 e. The van der Waals surface area contributed by atoms with E-state index in [0.717, 1.165) is 5.03 Å². The highest BCUT2D eigenvalue weighted by atomic mass is 32.2. The van der Waals surface area contributed by atoms with Crippen LogP contribution in [0.25, 0.3) is 0 Å². The Hall–Kier alpha value is -0.370. The minimum atomic E-state index is 1.10. The fourth-order valence-electron chi connectivity index (χ4n) is 0.406. The van der Waals surface area contributed by atoms with Crippen LogP contribution in [0.2, 0.25) is 0 Å². The van der Waals surface area contributed by atoms with E-state index in [4.69, 9.17) is 0 Å². The number of hydrogen-bond donors (Lipinski definition) is 0. The lowest BCUT2D eigenvalue weighted by Crippen LogP contribution is -1.83. The van der Waals surface area contributed by atoms with Crippen LogP contribution in [0, 0.1) is 0 Å². The normalized spacial score (nSPS) is 16.4. The molecular formula is C5H6NS. The molecule has 1 aliphatic rings. The molecule has 1 aliphatic heterocycles. The molecule has 7 heavy (non-hydrogen) atoms. The Balaban J connectivity index is 2.45. The Morgan fingerprint density at radius 1 is 1.71 bits per heavy atom. The van der Waals surface area contributed by atoms with Crippen LogP contribution in [0.5, 0.6) is 0 Å². The summed E-state index contributed by atoms with van der Waals surface area (Å²) >= 11 is 1.66. The van der Waals surface area contributed by atoms with Crippen molar-refractivity contribution in [2.45, 2.75) is 0 Å². The smallest absolute Gasteiger partial charge is 0.0957 e. The number of nitrogens with zero attached hydrogens (tertiary/aromatic N) is 1. The molecule has 0 unspecified atom stereocenters. The topological polar surface area (TPSA) is 14.1 Å². The summed E-state index contributed by atoms with van der Waals surface area (Å²) in [5, 5.41) is 5.09. The zero-order valence-electron chi connectivity index (χ0n) is 4.09. The van der Waals surface area contributed by atoms with Gasteiger partial charge in [-0.05, 0) is 18.4 Å². The predicted octanol–water partition coefficient (Wildman–Crippen LogP) is 1.32. The molecule has 0 aromatic rings. The van der Waals surface area contributed by atoms with Crippen molar-refractivity contribution in [3.63, 3.8) is 0 Å². The van der Waals surface area contributed by atoms with E-state index in [2.05, 4.69) is 5.32 Å². The maximum absolute atomic E-state index is 4.00. The van der Waals surface area contributed by atoms with Crippen molar-refractivity contribution in [3.05, 3.63) is 23.4 Å². The van der Waals surface area contributed by atoms with E-state index in [1.165, 1.54) is 0 Å². The van der Waals surface area contributed by atoms with Gasteiger partial charge in [-0.3, -0.25) is 0 Å². The molecule has 0 aliphatic carbocycles. The molecule has 1 radical (unpaired) electrons. The first-order chi connectivity index (χ1) is 3.43. The van der Waals surface area contributed by atoms with Gasteiger partial charge in [0.1, 0.15) is 0 Å². The number of allylic oxidation sites excluding steroid dienone is 2. The average Bonchev–Trinajstić information content (AvgIpc) is 2.14. The highest BCUT2D eigenvalue weighted by Crippen LogP contribution is 2.12. The molecule has 1 heterocycles. The van der Waals surface area contributed by atoms with Crippen molar-refractivity contribution >= 4 is 11.8 Å². The third-order valence-electron chi connectivity index (χ3n) is 0.736. The summed E-state index contributed by atoms with van der Waals surface area (Å²) in [6.45, 7) is 0. The summed E-state index contributed by atoms with van der Waals surface area (Å²) in [5.41, 5.74) is 0. The van der Waals surface area contributed by atoms with E-state index in [-0.39, 0.29) is 0 Å². The van der Waals surface area contributed by atoms with Crippen LogP contribution < -0.4 is 5.32 Å². The maximum Gasteiger partial charge on any atom is 0.0957 e. The van der Waals surface area contributed by atoms with E-state index in [9.17, 15) is 0 Å². The molecule has 0 fully saturated rings. The van der Waals surface area contributed by atoms with Gasteiger partial charge in [0.25, 0.3) is 0 Å². The second-order valence-corrected chi connectivity index (χ2v) is 2.01. The fourth-order valence-corrected chi connectivity index (χ4v) is 0.787. The van der Waals surface area contributed by atoms with Gasteiger partial charge in [-0.25, -0.2) is 5.32 Å². The van der Waals surface area contributed by atoms with E-state index in [0.29, 0.717) is 0 Å². The van der Waals surface area contributed by atoms with Crippen LogP contribution in [-0.2, 0) is 0 Å². The van der Waals surface area contributed by atoms with Gasteiger partial charge in [0.15, 0.2) is 0 Å². The van der Waals surface area contributed by atoms with Gasteiger partial charge in [0.05, 0.1) is 5.03 Å². The molecule has 0 spiro atoms. The van der Waals surface area contributed by atoms with Crippen LogP contribution >= 0.6 is 11.8 Å². The Morgan fingerprint density at radius 3 is 2.86 bits per heavy atom. The summed E-state index contributed by atoms with van der Waals surface area (Å²) in [6.07, 6.45) is 7.74. The van der Waals surface area contributed by atoms with E-state index in [1.54, 1.807) is 18.0 Å². The van der Waals surface area contributed by atoms with Gasteiger partial charge >= 0.3 is 0 Å². The second-order valence-electron chi connectivity index (χ2n) is 1.18. The average molecular weight is 112 g/mol. The summed E-state index contributed by atoms with van der Waals surface area (Å²) < 4.78 is 0. The highest BCUT2D eigenvalue weighted by Gasteiger charge is 1.93. The monoisotopic (exact) mass is 112 g/mol. The van der Waals surface area contributed by atoms with Crippen LogP contribution in [0.4, 0.5) is 0 Å². The van der Waals surface area contributed by atoms with Crippen LogP contribution in [0.15, 0.2) is 23.4 Å². The fraction of sp³-hybridized carbons (Fsp3) is 0.200. The molecule has 0 amide bonds. The Morgan fingerprint density at radius 2 is 2.57 bits per heavy atom. The van der Waals surface area contributed by atoms with Crippen LogP contribution in [0.3, 0.4) is 0 Å². The molecule has 0 aromatic heterocycles. The predicted molar refractivity (Wildman–Crippen MR) is 32.9 cm³/mol. The van der Waals surface area contributed by atoms with Crippen molar-refractivity contribution in [2.24, 2.45) is 0 Å². The third kappa shape index (κ3) is 0.996. The summed E-state index contributed by atoms with van der Waals surface area (Å²) in [5.74, 6) is 0. The maximum atomic E-state index is 4.00. The van der Waals surface area contributed by atoms with Crippen molar-refractivity contribution in [2.75, 3.05) is 6.26 Å². The molecule has 2 heteroatoms. The number of thioether (sulfide) groups is 1. The standard InChI is InChI=1S/C5H6NS/c1-7-5-3-2-4-6-5/h2-4H,1H3. The van der Waals surface area contributed by atoms with Gasteiger partial charge < -0.3 is 0 Å². The van der Waals surface area contributed by atoms with Crippen molar-refractivity contribution in [1.29, 1.82) is 0 Å². The minimum absolute atomic E-state index is 1.10. The van der Waals surface area contributed by atoms with E-state index in [1.807, 2.05) is 18.4 Å². The van der Waals surface area contributed by atoms with Gasteiger partial charge in [0.2, 0.25) is 0 Å². The van der Waals surface area contributed by atoms with Gasteiger partial charge in [-0.2, -0.15) is 0 Å². The quantitative estimate of drug-likeness (QED) is 0.499. The molecule has 1 rings (SSSR count). The Bertz CT molecular complexity index is 115. The molecule has 0 bridgehead atoms. The first kappa shape index (κ1) is 4.78. The summed E-state index contributed by atoms with van der Waals surface area (Å²) in [6, 6.07) is 0. The molecule has 37 valence electrons. The summed E-state index contributed by atoms with van der Waals surface area (Å²) in [7, 11) is 0. The summed E-state index contributed by atoms with van der Waals surface area (Å²) in [4.78, 5) is 0. The molecule has 0 aromatic carbocycles. The lowest BCUT2D eigenvalue weighted by Gasteiger charge is -1.88. The van der Waals surface area contributed by atoms with Gasteiger partial charge in [-0.1, -0.05) is 0 Å². The highest BCUT2D eigenvalue weighted by molar-refractivity contribution is 8.02. The molecule has 0 atom stereocenters. The Labute approximate surface area is 47.5 Å². The molecule has 0 N–H and O–H groups in total. The molecule has 0 saturated carbocycles. The number of rotatable bonds is 1. The van der Waals surface area contributed by atoms with E-state index < -0.39 is 0 Å². The molecule has 1 nitrogen and oxygen atoms in total.